The Labute approximate surface area is 193 Å². The SMILES string of the molecule is N#CCC(C1CCCC1)n1cc(-c2ccnc(Nc3cccc(C(=O)N4CCC4)c3)n2)cn1. The van der Waals surface area contributed by atoms with Crippen molar-refractivity contribution in [3.8, 4) is 17.3 Å². The molecule has 0 spiro atoms. The monoisotopic (exact) mass is 441 g/mol. The molecular formula is C25H27N7O. The molecule has 168 valence electrons. The quantitative estimate of drug-likeness (QED) is 0.576. The molecular weight excluding hydrogens is 414 g/mol. The van der Waals surface area contributed by atoms with Crippen molar-refractivity contribution >= 4 is 17.5 Å². The van der Waals surface area contributed by atoms with Crippen molar-refractivity contribution in [1.29, 1.82) is 5.26 Å². The van der Waals surface area contributed by atoms with Crippen LogP contribution in [0.4, 0.5) is 11.6 Å². The van der Waals surface area contributed by atoms with Crippen LogP contribution in [0.2, 0.25) is 0 Å². The second-order valence-corrected chi connectivity index (χ2v) is 8.80. The zero-order valence-corrected chi connectivity index (χ0v) is 18.5. The van der Waals surface area contributed by atoms with Crippen LogP contribution in [-0.2, 0) is 0 Å². The highest BCUT2D eigenvalue weighted by atomic mass is 16.2. The first kappa shape index (κ1) is 21.1. The molecule has 0 bridgehead atoms. The number of benzene rings is 1. The van der Waals surface area contributed by atoms with Crippen LogP contribution in [0.1, 0.15) is 54.9 Å². The fourth-order valence-corrected chi connectivity index (χ4v) is 4.70. The summed E-state index contributed by atoms with van der Waals surface area (Å²) in [6.07, 6.45) is 11.8. The van der Waals surface area contributed by atoms with Gasteiger partial charge in [-0.1, -0.05) is 18.9 Å². The van der Waals surface area contributed by atoms with Gasteiger partial charge < -0.3 is 10.2 Å². The van der Waals surface area contributed by atoms with Gasteiger partial charge in [-0.15, -0.1) is 0 Å². The Hall–Kier alpha value is -3.73. The van der Waals surface area contributed by atoms with Crippen LogP contribution in [0.5, 0.6) is 0 Å². The maximum Gasteiger partial charge on any atom is 0.253 e. The molecule has 8 heteroatoms. The van der Waals surface area contributed by atoms with Crippen LogP contribution in [0.3, 0.4) is 0 Å². The van der Waals surface area contributed by atoms with Gasteiger partial charge in [-0.2, -0.15) is 10.4 Å². The van der Waals surface area contributed by atoms with Gasteiger partial charge in [-0.05, 0) is 49.4 Å². The predicted octanol–water partition coefficient (Wildman–Crippen LogP) is 4.57. The number of nitrogens with zero attached hydrogens (tertiary/aromatic N) is 6. The molecule has 1 saturated carbocycles. The molecule has 0 radical (unpaired) electrons. The average Bonchev–Trinajstić information content (AvgIpc) is 3.49. The van der Waals surface area contributed by atoms with Crippen molar-refractivity contribution in [2.45, 2.75) is 44.6 Å². The molecule has 2 aromatic heterocycles. The molecule has 1 amide bonds. The van der Waals surface area contributed by atoms with Crippen LogP contribution in [0, 0.1) is 17.2 Å². The third kappa shape index (κ3) is 4.58. The number of amides is 1. The number of nitrogens with one attached hydrogen (secondary N) is 1. The first-order valence-electron chi connectivity index (χ1n) is 11.6. The lowest BCUT2D eigenvalue weighted by molar-refractivity contribution is 0.0652. The van der Waals surface area contributed by atoms with E-state index in [9.17, 15) is 10.1 Å². The molecule has 8 nitrogen and oxygen atoms in total. The third-order valence-electron chi connectivity index (χ3n) is 6.65. The van der Waals surface area contributed by atoms with Crippen LogP contribution in [0.25, 0.3) is 11.3 Å². The molecule has 3 heterocycles. The normalized spacial score (nSPS) is 16.8. The predicted molar refractivity (Wildman–Crippen MR) is 125 cm³/mol. The van der Waals surface area contributed by atoms with E-state index in [4.69, 9.17) is 0 Å². The minimum atomic E-state index is 0.0566. The zero-order valence-electron chi connectivity index (χ0n) is 18.5. The smallest absolute Gasteiger partial charge is 0.253 e. The Balaban J connectivity index is 1.33. The van der Waals surface area contributed by atoms with Gasteiger partial charge in [0, 0.05) is 42.3 Å². The highest BCUT2D eigenvalue weighted by Crippen LogP contribution is 2.36. The molecule has 3 aromatic rings. The topological polar surface area (TPSA) is 99.7 Å². The largest absolute Gasteiger partial charge is 0.339 e. The average molecular weight is 442 g/mol. The Morgan fingerprint density at radius 2 is 2.06 bits per heavy atom. The van der Waals surface area contributed by atoms with Crippen LogP contribution < -0.4 is 5.32 Å². The number of aromatic nitrogens is 4. The van der Waals surface area contributed by atoms with Crippen LogP contribution >= 0.6 is 0 Å². The Morgan fingerprint density at radius 3 is 2.82 bits per heavy atom. The molecule has 33 heavy (non-hydrogen) atoms. The maximum atomic E-state index is 12.5. The number of carbonyl (C=O) groups excluding carboxylic acids is 1. The van der Waals surface area contributed by atoms with E-state index in [1.165, 1.54) is 12.8 Å². The number of nitriles is 1. The minimum absolute atomic E-state index is 0.0566. The summed E-state index contributed by atoms with van der Waals surface area (Å²) in [6.45, 7) is 1.65. The van der Waals surface area contributed by atoms with Gasteiger partial charge in [0.15, 0.2) is 0 Å². The summed E-state index contributed by atoms with van der Waals surface area (Å²) in [4.78, 5) is 23.4. The maximum absolute atomic E-state index is 12.5. The lowest BCUT2D eigenvalue weighted by atomic mass is 9.96. The van der Waals surface area contributed by atoms with E-state index in [1.54, 1.807) is 12.4 Å². The Morgan fingerprint density at radius 1 is 1.21 bits per heavy atom. The van der Waals surface area contributed by atoms with Gasteiger partial charge in [0.25, 0.3) is 5.91 Å². The van der Waals surface area contributed by atoms with E-state index in [1.807, 2.05) is 46.1 Å². The van der Waals surface area contributed by atoms with Crippen molar-refractivity contribution in [2.24, 2.45) is 5.92 Å². The number of likely N-dealkylation sites (tertiary alicyclic amines) is 1. The Kier molecular flexibility index (Phi) is 6.03. The molecule has 1 aliphatic carbocycles. The molecule has 1 aromatic carbocycles. The Bertz CT molecular complexity index is 1170. The standard InChI is InChI=1S/C25H27N7O/c26-11-9-23(18-5-1-2-6-18)32-17-20(16-28-32)22-10-12-27-25(30-22)29-21-8-3-7-19(15-21)24(33)31-13-4-14-31/h3,7-8,10,12,15-18,23H,1-2,4-6,9,13-14H2,(H,27,29,30). The van der Waals surface area contributed by atoms with E-state index >= 15 is 0 Å². The van der Waals surface area contributed by atoms with Crippen molar-refractivity contribution < 1.29 is 4.79 Å². The molecule has 1 unspecified atom stereocenters. The number of hydrogen-bond acceptors (Lipinski definition) is 6. The van der Waals surface area contributed by atoms with Crippen LogP contribution in [-0.4, -0.2) is 43.6 Å². The van der Waals surface area contributed by atoms with E-state index < -0.39 is 0 Å². The molecule has 1 saturated heterocycles. The number of carbonyl (C=O) groups is 1. The fourth-order valence-electron chi connectivity index (χ4n) is 4.70. The summed E-state index contributed by atoms with van der Waals surface area (Å²) >= 11 is 0. The van der Waals surface area contributed by atoms with Crippen molar-refractivity contribution in [2.75, 3.05) is 18.4 Å². The second-order valence-electron chi connectivity index (χ2n) is 8.80. The number of hydrogen-bond donors (Lipinski definition) is 1. The zero-order chi connectivity index (χ0) is 22.6. The molecule has 5 rings (SSSR count). The molecule has 2 aliphatic rings. The van der Waals surface area contributed by atoms with Crippen molar-refractivity contribution in [3.05, 3.63) is 54.5 Å². The number of anilines is 2. The van der Waals surface area contributed by atoms with E-state index in [0.717, 1.165) is 49.3 Å². The summed E-state index contributed by atoms with van der Waals surface area (Å²) in [6, 6.07) is 11.7. The van der Waals surface area contributed by atoms with E-state index in [0.29, 0.717) is 23.9 Å². The highest BCUT2D eigenvalue weighted by molar-refractivity contribution is 5.95. The number of rotatable bonds is 7. The van der Waals surface area contributed by atoms with Gasteiger partial charge >= 0.3 is 0 Å². The summed E-state index contributed by atoms with van der Waals surface area (Å²) in [5, 5.41) is 17.1. The molecule has 1 aliphatic heterocycles. The summed E-state index contributed by atoms with van der Waals surface area (Å²) in [7, 11) is 0. The molecule has 2 fully saturated rings. The first-order chi connectivity index (χ1) is 16.2. The van der Waals surface area contributed by atoms with Gasteiger partial charge in [-0.3, -0.25) is 9.48 Å². The lowest BCUT2D eigenvalue weighted by Crippen LogP contribution is -2.42. The van der Waals surface area contributed by atoms with E-state index in [2.05, 4.69) is 26.5 Å². The summed E-state index contributed by atoms with van der Waals surface area (Å²) in [5.74, 6) is 1.02. The van der Waals surface area contributed by atoms with E-state index in [-0.39, 0.29) is 11.9 Å². The minimum Gasteiger partial charge on any atom is -0.339 e. The van der Waals surface area contributed by atoms with Gasteiger partial charge in [0.05, 0.1) is 30.4 Å². The van der Waals surface area contributed by atoms with Gasteiger partial charge in [0.2, 0.25) is 5.95 Å². The fraction of sp³-hybridized carbons (Fsp3) is 0.400. The summed E-state index contributed by atoms with van der Waals surface area (Å²) < 4.78 is 1.94. The van der Waals surface area contributed by atoms with Gasteiger partial charge in [-0.25, -0.2) is 9.97 Å². The van der Waals surface area contributed by atoms with Crippen molar-refractivity contribution in [3.63, 3.8) is 0 Å². The lowest BCUT2D eigenvalue weighted by Gasteiger charge is -2.31. The highest BCUT2D eigenvalue weighted by Gasteiger charge is 2.27. The van der Waals surface area contributed by atoms with Crippen LogP contribution in [0.15, 0.2) is 48.9 Å². The molecule has 1 atom stereocenters. The first-order valence-corrected chi connectivity index (χ1v) is 11.6. The summed E-state index contributed by atoms with van der Waals surface area (Å²) in [5.41, 5.74) is 3.08. The third-order valence-corrected chi connectivity index (χ3v) is 6.65. The van der Waals surface area contributed by atoms with Gasteiger partial charge in [0.1, 0.15) is 0 Å². The van der Waals surface area contributed by atoms with Crippen molar-refractivity contribution in [1.82, 2.24) is 24.6 Å². The molecule has 1 N–H and O–H groups in total. The second kappa shape index (κ2) is 9.41.